The highest BCUT2D eigenvalue weighted by Crippen LogP contribution is 2.25. The molecule has 29 heavy (non-hydrogen) atoms. The Morgan fingerprint density at radius 2 is 1.55 bits per heavy atom. The van der Waals surface area contributed by atoms with Gasteiger partial charge in [0.15, 0.2) is 5.78 Å². The summed E-state index contributed by atoms with van der Waals surface area (Å²) in [7, 11) is 0. The largest absolute Gasteiger partial charge is 0.478 e. The first-order valence-electron chi connectivity index (χ1n) is 9.13. The normalized spacial score (nSPS) is 11.7. The Bertz CT molecular complexity index is 1080. The van der Waals surface area contributed by atoms with Crippen molar-refractivity contribution in [3.8, 4) is 5.75 Å². The highest BCUT2D eigenvalue weighted by molar-refractivity contribution is 6.10. The molecular formula is C23H21NO5. The van der Waals surface area contributed by atoms with Crippen LogP contribution in [-0.4, -0.2) is 27.4 Å². The number of hydrogen-bond donors (Lipinski definition) is 1. The van der Waals surface area contributed by atoms with Gasteiger partial charge in [-0.2, -0.15) is 0 Å². The fourth-order valence-corrected chi connectivity index (χ4v) is 3.38. The van der Waals surface area contributed by atoms with Crippen LogP contribution in [0.15, 0.2) is 60.7 Å². The molecule has 1 N–H and O–H groups in total. The summed E-state index contributed by atoms with van der Waals surface area (Å²) in [6.45, 7) is 5.24. The SMILES string of the molecule is Cc1cc(C(=O)c2ccccc2)c(C)n1C(C)C(=O)Oc1ccccc1C(=O)O. The van der Waals surface area contributed by atoms with Crippen molar-refractivity contribution in [1.82, 2.24) is 4.57 Å². The molecule has 6 nitrogen and oxygen atoms in total. The molecule has 3 rings (SSSR count). The highest BCUT2D eigenvalue weighted by Gasteiger charge is 2.25. The van der Waals surface area contributed by atoms with Crippen LogP contribution in [-0.2, 0) is 4.79 Å². The quantitative estimate of drug-likeness (QED) is 0.387. The van der Waals surface area contributed by atoms with E-state index in [2.05, 4.69) is 0 Å². The lowest BCUT2D eigenvalue weighted by Gasteiger charge is -2.18. The molecule has 0 saturated carbocycles. The predicted molar refractivity (Wildman–Crippen MR) is 108 cm³/mol. The zero-order chi connectivity index (χ0) is 21.1. The molecule has 6 heteroatoms. The summed E-state index contributed by atoms with van der Waals surface area (Å²) in [6, 6.07) is 15.9. The number of nitrogens with zero attached hydrogens (tertiary/aromatic N) is 1. The van der Waals surface area contributed by atoms with Crippen LogP contribution in [0, 0.1) is 13.8 Å². The molecule has 0 bridgehead atoms. The van der Waals surface area contributed by atoms with E-state index >= 15 is 0 Å². The molecule has 3 aromatic rings. The average molecular weight is 391 g/mol. The molecule has 0 fully saturated rings. The van der Waals surface area contributed by atoms with Gasteiger partial charge >= 0.3 is 11.9 Å². The number of aryl methyl sites for hydroxylation is 1. The van der Waals surface area contributed by atoms with Gasteiger partial charge in [-0.3, -0.25) is 4.79 Å². The molecule has 0 aliphatic carbocycles. The molecule has 1 unspecified atom stereocenters. The average Bonchev–Trinajstić information content (AvgIpc) is 3.01. The van der Waals surface area contributed by atoms with Crippen LogP contribution < -0.4 is 4.74 Å². The second kappa shape index (κ2) is 8.14. The molecule has 0 amide bonds. The lowest BCUT2D eigenvalue weighted by atomic mass is 10.0. The van der Waals surface area contributed by atoms with Crippen LogP contribution >= 0.6 is 0 Å². The van der Waals surface area contributed by atoms with Gasteiger partial charge in [0.25, 0.3) is 0 Å². The molecule has 148 valence electrons. The number of rotatable bonds is 6. The number of aromatic carboxylic acids is 1. The zero-order valence-electron chi connectivity index (χ0n) is 16.4. The summed E-state index contributed by atoms with van der Waals surface area (Å²) in [5, 5.41) is 9.26. The Morgan fingerprint density at radius 1 is 0.931 bits per heavy atom. The van der Waals surface area contributed by atoms with E-state index in [1.807, 2.05) is 13.0 Å². The molecular weight excluding hydrogens is 370 g/mol. The minimum Gasteiger partial charge on any atom is -0.478 e. The van der Waals surface area contributed by atoms with Gasteiger partial charge in [-0.15, -0.1) is 0 Å². The Labute approximate surface area is 168 Å². The minimum absolute atomic E-state index is 0.0140. The van der Waals surface area contributed by atoms with Gasteiger partial charge in [0.2, 0.25) is 0 Å². The van der Waals surface area contributed by atoms with E-state index in [4.69, 9.17) is 4.74 Å². The van der Waals surface area contributed by atoms with Gasteiger partial charge < -0.3 is 14.4 Å². The molecule has 1 atom stereocenters. The maximum atomic E-state index is 12.8. The van der Waals surface area contributed by atoms with E-state index in [-0.39, 0.29) is 17.1 Å². The van der Waals surface area contributed by atoms with Gasteiger partial charge in [0.05, 0.1) is 0 Å². The van der Waals surface area contributed by atoms with Crippen LogP contribution in [0.2, 0.25) is 0 Å². The summed E-state index contributed by atoms with van der Waals surface area (Å²) < 4.78 is 7.09. The number of ether oxygens (including phenoxy) is 1. The van der Waals surface area contributed by atoms with Gasteiger partial charge in [0.1, 0.15) is 17.4 Å². The second-order valence-corrected chi connectivity index (χ2v) is 6.75. The van der Waals surface area contributed by atoms with E-state index in [1.54, 1.807) is 60.9 Å². The molecule has 1 heterocycles. The second-order valence-electron chi connectivity index (χ2n) is 6.75. The smallest absolute Gasteiger partial charge is 0.339 e. The number of hydrogen-bond acceptors (Lipinski definition) is 4. The van der Waals surface area contributed by atoms with Crippen LogP contribution in [0.5, 0.6) is 5.75 Å². The van der Waals surface area contributed by atoms with Crippen LogP contribution in [0.25, 0.3) is 0 Å². The standard InChI is InChI=1S/C23H21NO5/c1-14-13-19(21(25)17-9-5-4-6-10-17)15(2)24(14)16(3)23(28)29-20-12-8-7-11-18(20)22(26)27/h4-13,16H,1-3H3,(H,26,27). The molecule has 0 saturated heterocycles. The summed E-state index contributed by atoms with van der Waals surface area (Å²) in [5.74, 6) is -1.93. The van der Waals surface area contributed by atoms with Gasteiger partial charge in [-0.1, -0.05) is 42.5 Å². The highest BCUT2D eigenvalue weighted by atomic mass is 16.5. The Balaban J connectivity index is 1.89. The number of benzene rings is 2. The van der Waals surface area contributed by atoms with Crippen molar-refractivity contribution in [2.45, 2.75) is 26.8 Å². The minimum atomic E-state index is -1.18. The zero-order valence-corrected chi connectivity index (χ0v) is 16.4. The number of carboxylic acids is 1. The summed E-state index contributed by atoms with van der Waals surface area (Å²) >= 11 is 0. The van der Waals surface area contributed by atoms with Gasteiger partial charge in [-0.05, 0) is 39.0 Å². The maximum absolute atomic E-state index is 12.8. The monoisotopic (exact) mass is 391 g/mol. The van der Waals surface area contributed by atoms with E-state index in [1.165, 1.54) is 12.1 Å². The first-order valence-corrected chi connectivity index (χ1v) is 9.13. The molecule has 0 aliphatic rings. The third kappa shape index (κ3) is 3.96. The van der Waals surface area contributed by atoms with E-state index in [0.717, 1.165) is 5.69 Å². The van der Waals surface area contributed by atoms with E-state index < -0.39 is 18.0 Å². The third-order valence-electron chi connectivity index (χ3n) is 4.82. The van der Waals surface area contributed by atoms with Crippen molar-refractivity contribution >= 4 is 17.7 Å². The number of carbonyl (C=O) groups is 3. The Hall–Kier alpha value is -3.67. The first kappa shape index (κ1) is 20.1. The van der Waals surface area contributed by atoms with Crippen molar-refractivity contribution in [3.05, 3.63) is 88.7 Å². The molecule has 2 aromatic carbocycles. The number of aromatic nitrogens is 1. The van der Waals surface area contributed by atoms with Crippen molar-refractivity contribution < 1.29 is 24.2 Å². The number of carbonyl (C=O) groups excluding carboxylic acids is 2. The number of esters is 1. The number of carboxylic acid groups (broad SMARTS) is 1. The maximum Gasteiger partial charge on any atom is 0.339 e. The van der Waals surface area contributed by atoms with Gasteiger partial charge in [-0.25, -0.2) is 9.59 Å². The number of para-hydroxylation sites is 1. The Kier molecular flexibility index (Phi) is 5.64. The lowest BCUT2D eigenvalue weighted by molar-refractivity contribution is -0.137. The summed E-state index contributed by atoms with van der Waals surface area (Å²) in [6.07, 6.45) is 0. The summed E-state index contributed by atoms with van der Waals surface area (Å²) in [4.78, 5) is 36.9. The fourth-order valence-electron chi connectivity index (χ4n) is 3.38. The van der Waals surface area contributed by atoms with Gasteiger partial charge in [0, 0.05) is 22.5 Å². The van der Waals surface area contributed by atoms with Crippen molar-refractivity contribution in [3.63, 3.8) is 0 Å². The molecule has 0 spiro atoms. The van der Waals surface area contributed by atoms with Crippen molar-refractivity contribution in [2.24, 2.45) is 0 Å². The molecule has 0 aliphatic heterocycles. The predicted octanol–water partition coefficient (Wildman–Crippen LogP) is 4.20. The van der Waals surface area contributed by atoms with Crippen LogP contribution in [0.1, 0.15) is 50.6 Å². The lowest BCUT2D eigenvalue weighted by Crippen LogP contribution is -2.24. The summed E-state index contributed by atoms with van der Waals surface area (Å²) in [5.41, 5.74) is 2.37. The fraction of sp³-hybridized carbons (Fsp3) is 0.174. The van der Waals surface area contributed by atoms with Crippen molar-refractivity contribution in [2.75, 3.05) is 0 Å². The molecule has 0 radical (unpaired) electrons. The van der Waals surface area contributed by atoms with E-state index in [0.29, 0.717) is 16.8 Å². The first-order chi connectivity index (χ1) is 13.8. The van der Waals surface area contributed by atoms with Crippen LogP contribution in [0.3, 0.4) is 0 Å². The topological polar surface area (TPSA) is 85.6 Å². The number of ketones is 1. The van der Waals surface area contributed by atoms with Crippen molar-refractivity contribution in [1.29, 1.82) is 0 Å². The molecule has 1 aromatic heterocycles. The Morgan fingerprint density at radius 3 is 2.21 bits per heavy atom. The van der Waals surface area contributed by atoms with E-state index in [9.17, 15) is 19.5 Å². The van der Waals surface area contributed by atoms with Crippen LogP contribution in [0.4, 0.5) is 0 Å². The third-order valence-corrected chi connectivity index (χ3v) is 4.82.